The number of ether oxygens (including phenoxy) is 1. The fraction of sp³-hybridized carbons (Fsp3) is 0.379. The van der Waals surface area contributed by atoms with Crippen LogP contribution in [-0.2, 0) is 19.2 Å². The highest BCUT2D eigenvalue weighted by atomic mass is 35.5. The molecule has 2 heterocycles. The molecule has 10 heteroatoms. The molecule has 0 bridgehead atoms. The molecule has 1 saturated carbocycles. The van der Waals surface area contributed by atoms with E-state index in [2.05, 4.69) is 5.32 Å². The van der Waals surface area contributed by atoms with E-state index in [9.17, 15) is 28.7 Å². The standard InChI is InChI=1S/C29H26ClFN2O6/c1-3-39-22-10-13(4-9-21(22)34)24-15-6-7-16-23(26(36)32-25(16)35)17(15)12-18-27(37)33(28(38)29(18,24)2)14-5-8-20(31)19(30)11-14/h4-6,8-11,16-18,23-24,34H,3,7,12H2,1-2H3,(H,32,35,36)/t16-,17+,18-,23-,24-,29+/m0/s1. The molecule has 2 aromatic rings. The number of nitrogens with zero attached hydrogens (tertiary/aromatic N) is 1. The van der Waals surface area contributed by atoms with Crippen molar-refractivity contribution >= 4 is 40.9 Å². The lowest BCUT2D eigenvalue weighted by Gasteiger charge is -2.49. The van der Waals surface area contributed by atoms with Crippen LogP contribution in [0.25, 0.3) is 0 Å². The molecule has 4 aliphatic rings. The van der Waals surface area contributed by atoms with E-state index in [-0.39, 0.29) is 40.4 Å². The number of carbonyl (C=O) groups is 4. The van der Waals surface area contributed by atoms with Crippen molar-refractivity contribution in [1.82, 2.24) is 5.32 Å². The van der Waals surface area contributed by atoms with Crippen LogP contribution in [0.5, 0.6) is 11.5 Å². The van der Waals surface area contributed by atoms with Gasteiger partial charge in [-0.05, 0) is 68.5 Å². The third-order valence-electron chi connectivity index (χ3n) is 8.90. The van der Waals surface area contributed by atoms with Gasteiger partial charge in [-0.1, -0.05) is 29.3 Å². The molecule has 3 fully saturated rings. The molecule has 6 rings (SSSR count). The van der Waals surface area contributed by atoms with Gasteiger partial charge in [0.1, 0.15) is 5.82 Å². The zero-order valence-corrected chi connectivity index (χ0v) is 22.0. The van der Waals surface area contributed by atoms with E-state index in [1.54, 1.807) is 26.0 Å². The molecule has 2 saturated heterocycles. The number of aromatic hydroxyl groups is 1. The lowest BCUT2D eigenvalue weighted by Crippen LogP contribution is -2.48. The van der Waals surface area contributed by atoms with Crippen molar-refractivity contribution in [3.8, 4) is 11.5 Å². The number of anilines is 1. The second kappa shape index (κ2) is 8.91. The summed E-state index contributed by atoms with van der Waals surface area (Å²) in [5.74, 6) is -5.25. The van der Waals surface area contributed by atoms with Crippen molar-refractivity contribution in [3.63, 3.8) is 0 Å². The van der Waals surface area contributed by atoms with Gasteiger partial charge in [0.15, 0.2) is 11.5 Å². The van der Waals surface area contributed by atoms with E-state index >= 15 is 0 Å². The zero-order valence-electron chi connectivity index (χ0n) is 21.2. The van der Waals surface area contributed by atoms with Crippen LogP contribution in [0.15, 0.2) is 48.0 Å². The second-order valence-corrected chi connectivity index (χ2v) is 11.2. The van der Waals surface area contributed by atoms with E-state index < -0.39 is 52.6 Å². The Balaban J connectivity index is 1.54. The quantitative estimate of drug-likeness (QED) is 0.436. The number of amides is 4. The molecule has 4 amide bonds. The maximum Gasteiger partial charge on any atom is 0.241 e. The second-order valence-electron chi connectivity index (χ2n) is 10.8. The van der Waals surface area contributed by atoms with Gasteiger partial charge in [-0.3, -0.25) is 24.5 Å². The highest BCUT2D eigenvalue weighted by Gasteiger charge is 2.67. The lowest BCUT2D eigenvalue weighted by atomic mass is 9.51. The highest BCUT2D eigenvalue weighted by Crippen LogP contribution is 2.63. The summed E-state index contributed by atoms with van der Waals surface area (Å²) >= 11 is 6.00. The Kier molecular flexibility index (Phi) is 5.84. The van der Waals surface area contributed by atoms with Crippen LogP contribution in [0.1, 0.15) is 38.2 Å². The summed E-state index contributed by atoms with van der Waals surface area (Å²) in [6, 6.07) is 8.54. The van der Waals surface area contributed by atoms with Gasteiger partial charge in [0.2, 0.25) is 23.6 Å². The lowest BCUT2D eigenvalue weighted by molar-refractivity contribution is -0.131. The average Bonchev–Trinajstić information content (AvgIpc) is 3.30. The maximum absolute atomic E-state index is 14.3. The zero-order chi connectivity index (χ0) is 27.8. The molecule has 0 radical (unpaired) electrons. The molecule has 8 nitrogen and oxygen atoms in total. The number of carbonyl (C=O) groups excluding carboxylic acids is 4. The topological polar surface area (TPSA) is 113 Å². The summed E-state index contributed by atoms with van der Waals surface area (Å²) in [5.41, 5.74) is 0.346. The number of hydrogen-bond acceptors (Lipinski definition) is 6. The number of halogens is 2. The van der Waals surface area contributed by atoms with Gasteiger partial charge in [-0.15, -0.1) is 0 Å². The minimum atomic E-state index is -1.27. The first-order valence-electron chi connectivity index (χ1n) is 12.9. The van der Waals surface area contributed by atoms with Crippen molar-refractivity contribution in [2.75, 3.05) is 11.5 Å². The monoisotopic (exact) mass is 552 g/mol. The predicted molar refractivity (Wildman–Crippen MR) is 138 cm³/mol. The summed E-state index contributed by atoms with van der Waals surface area (Å²) in [4.78, 5) is 54.8. The van der Waals surface area contributed by atoms with Crippen LogP contribution in [0.2, 0.25) is 5.02 Å². The van der Waals surface area contributed by atoms with Gasteiger partial charge in [0.25, 0.3) is 0 Å². The number of fused-ring (bicyclic) bond motifs is 4. The number of rotatable bonds is 4. The fourth-order valence-corrected chi connectivity index (χ4v) is 7.33. The Hall–Kier alpha value is -3.72. The third kappa shape index (κ3) is 3.55. The largest absolute Gasteiger partial charge is 0.504 e. The van der Waals surface area contributed by atoms with E-state index in [0.717, 1.165) is 16.5 Å². The first-order valence-corrected chi connectivity index (χ1v) is 13.3. The van der Waals surface area contributed by atoms with Gasteiger partial charge in [0, 0.05) is 5.92 Å². The Morgan fingerprint density at radius 1 is 1.13 bits per heavy atom. The Labute approximate surface area is 228 Å². The number of phenols is 1. The van der Waals surface area contributed by atoms with Gasteiger partial charge in [-0.2, -0.15) is 0 Å². The average molecular weight is 553 g/mol. The van der Waals surface area contributed by atoms with Crippen LogP contribution < -0.4 is 15.0 Å². The normalized spacial score (nSPS) is 31.4. The van der Waals surface area contributed by atoms with Crippen LogP contribution in [0.4, 0.5) is 10.1 Å². The number of allylic oxidation sites excluding steroid dienone is 2. The number of nitrogens with one attached hydrogen (secondary N) is 1. The summed E-state index contributed by atoms with van der Waals surface area (Å²) in [6.07, 6.45) is 2.47. The summed E-state index contributed by atoms with van der Waals surface area (Å²) < 4.78 is 19.6. The molecular weight excluding hydrogens is 527 g/mol. The number of hydrogen-bond donors (Lipinski definition) is 2. The minimum Gasteiger partial charge on any atom is -0.504 e. The summed E-state index contributed by atoms with van der Waals surface area (Å²) in [5, 5.41) is 12.6. The number of imide groups is 2. The van der Waals surface area contributed by atoms with Crippen molar-refractivity contribution in [3.05, 3.63) is 64.5 Å². The van der Waals surface area contributed by atoms with E-state index in [0.29, 0.717) is 18.6 Å². The Morgan fingerprint density at radius 3 is 2.62 bits per heavy atom. The fourth-order valence-electron chi connectivity index (χ4n) is 7.16. The van der Waals surface area contributed by atoms with E-state index in [4.69, 9.17) is 16.3 Å². The smallest absolute Gasteiger partial charge is 0.241 e. The highest BCUT2D eigenvalue weighted by molar-refractivity contribution is 6.31. The Bertz CT molecular complexity index is 1490. The minimum absolute atomic E-state index is 0.0653. The molecule has 2 N–H and O–H groups in total. The first kappa shape index (κ1) is 25.6. The van der Waals surface area contributed by atoms with Crippen molar-refractivity contribution in [1.29, 1.82) is 0 Å². The van der Waals surface area contributed by atoms with Gasteiger partial charge >= 0.3 is 0 Å². The molecule has 2 aromatic carbocycles. The number of phenolic OH excluding ortho intramolecular Hbond substituents is 1. The van der Waals surface area contributed by atoms with Crippen molar-refractivity contribution in [2.24, 2.45) is 29.1 Å². The molecule has 39 heavy (non-hydrogen) atoms. The van der Waals surface area contributed by atoms with Gasteiger partial charge < -0.3 is 9.84 Å². The third-order valence-corrected chi connectivity index (χ3v) is 9.19. The van der Waals surface area contributed by atoms with Crippen molar-refractivity contribution in [2.45, 2.75) is 32.6 Å². The molecule has 0 spiro atoms. The molecule has 202 valence electrons. The molecule has 6 atom stereocenters. The van der Waals surface area contributed by atoms with Crippen LogP contribution in [0, 0.1) is 34.9 Å². The maximum atomic E-state index is 14.3. The summed E-state index contributed by atoms with van der Waals surface area (Å²) in [6.45, 7) is 3.82. The number of benzene rings is 2. The summed E-state index contributed by atoms with van der Waals surface area (Å²) in [7, 11) is 0. The van der Waals surface area contributed by atoms with E-state index in [1.165, 1.54) is 18.2 Å². The van der Waals surface area contributed by atoms with Gasteiger partial charge in [0.05, 0.1) is 40.5 Å². The predicted octanol–water partition coefficient (Wildman–Crippen LogP) is 4.10. The van der Waals surface area contributed by atoms with Crippen LogP contribution >= 0.6 is 11.6 Å². The van der Waals surface area contributed by atoms with Crippen LogP contribution in [-0.4, -0.2) is 35.3 Å². The van der Waals surface area contributed by atoms with Crippen molar-refractivity contribution < 1.29 is 33.4 Å². The first-order chi connectivity index (χ1) is 18.6. The van der Waals surface area contributed by atoms with Gasteiger partial charge in [-0.25, -0.2) is 9.29 Å². The molecular formula is C29H26ClFN2O6. The van der Waals surface area contributed by atoms with Crippen LogP contribution in [0.3, 0.4) is 0 Å². The van der Waals surface area contributed by atoms with E-state index in [1.807, 2.05) is 6.08 Å². The molecule has 0 unspecified atom stereocenters. The Morgan fingerprint density at radius 2 is 1.90 bits per heavy atom. The molecule has 2 aliphatic heterocycles. The molecule has 2 aliphatic carbocycles. The SMILES string of the molecule is CCOc1cc([C@H]2C3=CC[C@@H]4C(=O)NC(=O)[C@@H]4[C@@H]3C[C@H]3C(=O)N(c4ccc(F)c(Cl)c4)C(=O)[C@@]23C)ccc1O. The molecule has 0 aromatic heterocycles.